The first-order valence-corrected chi connectivity index (χ1v) is 7.75. The number of carbonyl (C=O) groups excluding carboxylic acids is 1. The highest BCUT2D eigenvalue weighted by atomic mass is 16.7. The minimum absolute atomic E-state index is 0.0809. The number of anilines is 1. The molecule has 1 aromatic rings. The molecule has 0 unspecified atom stereocenters. The van der Waals surface area contributed by atoms with Gasteiger partial charge in [-0.1, -0.05) is 0 Å². The van der Waals surface area contributed by atoms with Crippen molar-refractivity contribution in [2.75, 3.05) is 31.2 Å². The molecule has 0 radical (unpaired) electrons. The topological polar surface area (TPSA) is 76.6 Å². The Kier molecular flexibility index (Phi) is 4.26. The fourth-order valence-electron chi connectivity index (χ4n) is 2.80. The molecule has 3 rings (SSSR count). The van der Waals surface area contributed by atoms with Crippen molar-refractivity contribution in [1.29, 1.82) is 0 Å². The van der Waals surface area contributed by atoms with Crippen LogP contribution in [0.4, 0.5) is 5.95 Å². The molecule has 2 aliphatic heterocycles. The van der Waals surface area contributed by atoms with Crippen molar-refractivity contribution in [3.8, 4) is 0 Å². The van der Waals surface area contributed by atoms with E-state index in [-0.39, 0.29) is 11.9 Å². The third-order valence-corrected chi connectivity index (χ3v) is 3.92. The molecule has 0 aliphatic carbocycles. The van der Waals surface area contributed by atoms with E-state index in [9.17, 15) is 4.79 Å². The van der Waals surface area contributed by atoms with Gasteiger partial charge in [-0.3, -0.25) is 4.79 Å². The summed E-state index contributed by atoms with van der Waals surface area (Å²) in [6.07, 6.45) is 3.21. The molecule has 22 heavy (non-hydrogen) atoms. The van der Waals surface area contributed by atoms with E-state index >= 15 is 0 Å². The fourth-order valence-corrected chi connectivity index (χ4v) is 2.80. The van der Waals surface area contributed by atoms with E-state index in [1.165, 1.54) is 0 Å². The molecule has 1 aromatic heterocycles. The Balaban J connectivity index is 1.67. The van der Waals surface area contributed by atoms with E-state index in [1.807, 2.05) is 13.8 Å². The minimum atomic E-state index is -0.414. The predicted octanol–water partition coefficient (Wildman–Crippen LogP) is 0.958. The maximum Gasteiger partial charge on any atom is 0.270 e. The third-order valence-electron chi connectivity index (χ3n) is 3.92. The molecule has 0 aromatic carbocycles. The molecule has 0 atom stereocenters. The average molecular weight is 306 g/mol. The summed E-state index contributed by atoms with van der Waals surface area (Å²) in [6.45, 7) is 6.70. The molecule has 7 nitrogen and oxygen atoms in total. The number of ether oxygens (including phenoxy) is 2. The fraction of sp³-hybridized carbons (Fsp3) is 0.667. The molecule has 2 saturated heterocycles. The molecule has 0 bridgehead atoms. The van der Waals surface area contributed by atoms with Gasteiger partial charge in [-0.15, -0.1) is 0 Å². The zero-order valence-electron chi connectivity index (χ0n) is 13.0. The summed E-state index contributed by atoms with van der Waals surface area (Å²) in [5.41, 5.74) is 0.396. The van der Waals surface area contributed by atoms with Crippen LogP contribution in [0.1, 0.15) is 37.2 Å². The zero-order valence-corrected chi connectivity index (χ0v) is 13.0. The van der Waals surface area contributed by atoms with Crippen LogP contribution in [0, 0.1) is 0 Å². The van der Waals surface area contributed by atoms with Gasteiger partial charge in [0.15, 0.2) is 5.79 Å². The maximum atomic E-state index is 12.0. The molecular weight excluding hydrogens is 284 g/mol. The van der Waals surface area contributed by atoms with Crippen LogP contribution in [-0.2, 0) is 9.47 Å². The lowest BCUT2D eigenvalue weighted by Gasteiger charge is -2.37. The van der Waals surface area contributed by atoms with Crippen molar-refractivity contribution >= 4 is 11.9 Å². The molecule has 1 N–H and O–H groups in total. The molecule has 7 heteroatoms. The highest BCUT2D eigenvalue weighted by molar-refractivity contribution is 5.92. The van der Waals surface area contributed by atoms with E-state index in [0.717, 1.165) is 25.9 Å². The van der Waals surface area contributed by atoms with Crippen LogP contribution in [0.25, 0.3) is 0 Å². The highest BCUT2D eigenvalue weighted by Gasteiger charge is 2.40. The van der Waals surface area contributed by atoms with Crippen LogP contribution in [0.3, 0.4) is 0 Å². The van der Waals surface area contributed by atoms with Gasteiger partial charge in [0.2, 0.25) is 5.95 Å². The van der Waals surface area contributed by atoms with E-state index in [2.05, 4.69) is 20.2 Å². The highest BCUT2D eigenvalue weighted by Crippen LogP contribution is 2.32. The summed E-state index contributed by atoms with van der Waals surface area (Å²) in [5, 5.41) is 2.84. The van der Waals surface area contributed by atoms with Gasteiger partial charge in [0, 0.05) is 38.2 Å². The number of amides is 1. The molecule has 120 valence electrons. The summed E-state index contributed by atoms with van der Waals surface area (Å²) in [4.78, 5) is 22.8. The zero-order chi connectivity index (χ0) is 15.6. The van der Waals surface area contributed by atoms with E-state index in [4.69, 9.17) is 9.47 Å². The first kappa shape index (κ1) is 15.2. The Bertz CT molecular complexity index is 533. The summed E-state index contributed by atoms with van der Waals surface area (Å²) in [7, 11) is 0. The maximum absolute atomic E-state index is 12.0. The van der Waals surface area contributed by atoms with Gasteiger partial charge in [-0.2, -0.15) is 0 Å². The second-order valence-electron chi connectivity index (χ2n) is 5.96. The van der Waals surface area contributed by atoms with Crippen LogP contribution in [-0.4, -0.2) is 54.0 Å². The van der Waals surface area contributed by atoms with E-state index < -0.39 is 5.79 Å². The van der Waals surface area contributed by atoms with Crippen LogP contribution >= 0.6 is 0 Å². The number of carbonyl (C=O) groups is 1. The largest absolute Gasteiger partial charge is 0.349 e. The van der Waals surface area contributed by atoms with Crippen molar-refractivity contribution in [3.05, 3.63) is 18.0 Å². The number of rotatable bonds is 3. The van der Waals surface area contributed by atoms with Gasteiger partial charge in [0.1, 0.15) is 5.69 Å². The van der Waals surface area contributed by atoms with Crippen molar-refractivity contribution in [2.24, 2.45) is 0 Å². The third kappa shape index (κ3) is 3.20. The lowest BCUT2D eigenvalue weighted by Crippen LogP contribution is -2.45. The Morgan fingerprint density at radius 2 is 2.00 bits per heavy atom. The molecule has 2 fully saturated rings. The average Bonchev–Trinajstić information content (AvgIpc) is 2.96. The molecule has 0 saturated carbocycles. The molecule has 3 heterocycles. The second-order valence-corrected chi connectivity index (χ2v) is 5.96. The lowest BCUT2D eigenvalue weighted by atomic mass is 10.0. The van der Waals surface area contributed by atoms with Gasteiger partial charge in [-0.25, -0.2) is 9.97 Å². The minimum Gasteiger partial charge on any atom is -0.349 e. The monoisotopic (exact) mass is 306 g/mol. The smallest absolute Gasteiger partial charge is 0.270 e. The summed E-state index contributed by atoms with van der Waals surface area (Å²) < 4.78 is 11.4. The first-order chi connectivity index (χ1) is 10.6. The van der Waals surface area contributed by atoms with Crippen LogP contribution < -0.4 is 10.2 Å². The van der Waals surface area contributed by atoms with Crippen molar-refractivity contribution in [3.63, 3.8) is 0 Å². The van der Waals surface area contributed by atoms with Crippen LogP contribution in [0.5, 0.6) is 0 Å². The SMILES string of the molecule is CC(C)NC(=O)c1ccnc(N2CCC3(CC2)OCCO3)n1. The van der Waals surface area contributed by atoms with Gasteiger partial charge in [-0.05, 0) is 19.9 Å². The summed E-state index contributed by atoms with van der Waals surface area (Å²) in [6, 6.07) is 1.72. The molecular formula is C15H22N4O3. The number of hydrogen-bond acceptors (Lipinski definition) is 6. The summed E-state index contributed by atoms with van der Waals surface area (Å²) in [5.74, 6) is 0.00203. The van der Waals surface area contributed by atoms with Gasteiger partial charge >= 0.3 is 0 Å². The van der Waals surface area contributed by atoms with Crippen LogP contribution in [0.2, 0.25) is 0 Å². The van der Waals surface area contributed by atoms with E-state index in [1.54, 1.807) is 12.3 Å². The Morgan fingerprint density at radius 1 is 1.32 bits per heavy atom. The molecule has 1 amide bonds. The second kappa shape index (κ2) is 6.18. The van der Waals surface area contributed by atoms with Crippen LogP contribution in [0.15, 0.2) is 12.3 Å². The standard InChI is InChI=1S/C15H22N4O3/c1-11(2)17-13(20)12-3-6-16-14(18-12)19-7-4-15(5-8-19)21-9-10-22-15/h3,6,11H,4-5,7-10H2,1-2H3,(H,17,20). The molecule has 1 spiro atoms. The normalized spacial score (nSPS) is 20.6. The van der Waals surface area contributed by atoms with Crippen molar-refractivity contribution in [1.82, 2.24) is 15.3 Å². The number of nitrogens with zero attached hydrogens (tertiary/aromatic N) is 3. The predicted molar refractivity (Wildman–Crippen MR) is 80.7 cm³/mol. The number of nitrogens with one attached hydrogen (secondary N) is 1. The quantitative estimate of drug-likeness (QED) is 0.896. The number of piperidine rings is 1. The Morgan fingerprint density at radius 3 is 2.64 bits per heavy atom. The van der Waals surface area contributed by atoms with Gasteiger partial charge in [0.05, 0.1) is 13.2 Å². The van der Waals surface area contributed by atoms with E-state index in [0.29, 0.717) is 24.9 Å². The van der Waals surface area contributed by atoms with Gasteiger partial charge in [0.25, 0.3) is 5.91 Å². The number of hydrogen-bond donors (Lipinski definition) is 1. The summed E-state index contributed by atoms with van der Waals surface area (Å²) >= 11 is 0. The van der Waals surface area contributed by atoms with Gasteiger partial charge < -0.3 is 19.7 Å². The van der Waals surface area contributed by atoms with Crippen molar-refractivity contribution < 1.29 is 14.3 Å². The first-order valence-electron chi connectivity index (χ1n) is 7.75. The lowest BCUT2D eigenvalue weighted by molar-refractivity contribution is -0.169. The Hall–Kier alpha value is -1.73. The Labute approximate surface area is 130 Å². The number of aromatic nitrogens is 2. The molecule has 2 aliphatic rings. The van der Waals surface area contributed by atoms with Crippen molar-refractivity contribution in [2.45, 2.75) is 38.5 Å².